The molecule has 4 heteroatoms. The van der Waals surface area contributed by atoms with Crippen LogP contribution in [0.3, 0.4) is 0 Å². The van der Waals surface area contributed by atoms with E-state index in [1.807, 2.05) is 77.8 Å². The standard InChI is InChI=1S/C22H15BrN2O/c23-17-10-6-7-15(13-17)19-14-22(16-8-2-1-3-9-16)21(26)18-11-4-5-12-20(18)25(22)24-19/h1-13H,14H2. The Morgan fingerprint density at radius 3 is 2.50 bits per heavy atom. The van der Waals surface area contributed by atoms with Gasteiger partial charge in [-0.2, -0.15) is 5.10 Å². The fraction of sp³-hybridized carbons (Fsp3) is 0.0909. The number of hydrazone groups is 1. The van der Waals surface area contributed by atoms with Crippen LogP contribution in [-0.4, -0.2) is 11.5 Å². The molecule has 0 spiro atoms. The predicted octanol–water partition coefficient (Wildman–Crippen LogP) is 5.16. The summed E-state index contributed by atoms with van der Waals surface area (Å²) in [5.74, 6) is 0.119. The van der Waals surface area contributed by atoms with E-state index in [0.717, 1.165) is 32.6 Å². The van der Waals surface area contributed by atoms with Gasteiger partial charge in [-0.15, -0.1) is 0 Å². The van der Waals surface area contributed by atoms with Crippen LogP contribution in [0.25, 0.3) is 0 Å². The molecule has 0 N–H and O–H groups in total. The van der Waals surface area contributed by atoms with Gasteiger partial charge in [0.25, 0.3) is 0 Å². The first-order chi connectivity index (χ1) is 12.7. The van der Waals surface area contributed by atoms with Crippen LogP contribution in [0.4, 0.5) is 5.69 Å². The van der Waals surface area contributed by atoms with Crippen LogP contribution in [0.15, 0.2) is 88.4 Å². The molecule has 2 aliphatic rings. The second-order valence-corrected chi connectivity index (χ2v) is 7.53. The zero-order chi connectivity index (χ0) is 17.7. The van der Waals surface area contributed by atoms with Crippen molar-refractivity contribution in [2.75, 3.05) is 5.01 Å². The molecule has 3 nitrogen and oxygen atoms in total. The average Bonchev–Trinajstić information content (AvgIpc) is 3.19. The Morgan fingerprint density at radius 1 is 0.923 bits per heavy atom. The van der Waals surface area contributed by atoms with Gasteiger partial charge in [0, 0.05) is 16.5 Å². The zero-order valence-corrected chi connectivity index (χ0v) is 15.5. The van der Waals surface area contributed by atoms with Crippen LogP contribution < -0.4 is 5.01 Å². The monoisotopic (exact) mass is 402 g/mol. The van der Waals surface area contributed by atoms with Gasteiger partial charge in [-0.3, -0.25) is 4.79 Å². The molecule has 2 aliphatic heterocycles. The van der Waals surface area contributed by atoms with Crippen LogP contribution >= 0.6 is 15.9 Å². The predicted molar refractivity (Wildman–Crippen MR) is 107 cm³/mol. The number of nitrogens with zero attached hydrogens (tertiary/aromatic N) is 2. The number of carbonyl (C=O) groups is 1. The van der Waals surface area contributed by atoms with E-state index in [9.17, 15) is 4.79 Å². The number of rotatable bonds is 2. The summed E-state index contributed by atoms with van der Waals surface area (Å²) < 4.78 is 1.00. The number of hydrogen-bond donors (Lipinski definition) is 0. The number of anilines is 1. The summed E-state index contributed by atoms with van der Waals surface area (Å²) in [6.07, 6.45) is 0.557. The molecular weight excluding hydrogens is 388 g/mol. The molecule has 3 aromatic rings. The molecule has 26 heavy (non-hydrogen) atoms. The Balaban J connectivity index is 1.72. The highest BCUT2D eigenvalue weighted by Crippen LogP contribution is 2.51. The quantitative estimate of drug-likeness (QED) is 0.593. The lowest BCUT2D eigenvalue weighted by atomic mass is 9.81. The highest BCUT2D eigenvalue weighted by Gasteiger charge is 2.56. The van der Waals surface area contributed by atoms with Crippen molar-refractivity contribution in [1.29, 1.82) is 0 Å². The summed E-state index contributed by atoms with van der Waals surface area (Å²) in [7, 11) is 0. The van der Waals surface area contributed by atoms with E-state index in [-0.39, 0.29) is 5.78 Å². The van der Waals surface area contributed by atoms with Crippen LogP contribution in [-0.2, 0) is 5.54 Å². The van der Waals surface area contributed by atoms with Crippen LogP contribution in [0.2, 0.25) is 0 Å². The largest absolute Gasteiger partial charge is 0.291 e. The molecule has 126 valence electrons. The topological polar surface area (TPSA) is 32.7 Å². The van der Waals surface area contributed by atoms with E-state index in [2.05, 4.69) is 22.0 Å². The molecule has 0 aliphatic carbocycles. The SMILES string of the molecule is O=C1c2ccccc2N2N=C(c3cccc(Br)c3)CC12c1ccccc1. The lowest BCUT2D eigenvalue weighted by Crippen LogP contribution is -2.42. The van der Waals surface area contributed by atoms with E-state index in [1.165, 1.54) is 0 Å². The number of para-hydroxylation sites is 1. The van der Waals surface area contributed by atoms with Crippen LogP contribution in [0.5, 0.6) is 0 Å². The van der Waals surface area contributed by atoms with Gasteiger partial charge in [-0.1, -0.05) is 70.5 Å². The number of fused-ring (bicyclic) bond motifs is 3. The fourth-order valence-corrected chi connectivity index (χ4v) is 4.36. The molecule has 3 aromatic carbocycles. The van der Waals surface area contributed by atoms with E-state index in [1.54, 1.807) is 0 Å². The van der Waals surface area contributed by atoms with Crippen molar-refractivity contribution in [3.8, 4) is 0 Å². The lowest BCUT2D eigenvalue weighted by molar-refractivity contribution is 0.0908. The Hall–Kier alpha value is -2.72. The van der Waals surface area contributed by atoms with Crippen LogP contribution in [0.1, 0.15) is 27.9 Å². The normalized spacial score (nSPS) is 20.7. The van der Waals surface area contributed by atoms with Gasteiger partial charge < -0.3 is 0 Å². The number of ketones is 1. The number of carbonyl (C=O) groups excluding carboxylic acids is 1. The van der Waals surface area contributed by atoms with E-state index < -0.39 is 5.54 Å². The summed E-state index contributed by atoms with van der Waals surface area (Å²) in [5.41, 5.74) is 3.78. The summed E-state index contributed by atoms with van der Waals surface area (Å²) in [6, 6.07) is 25.8. The molecule has 1 atom stereocenters. The maximum atomic E-state index is 13.5. The van der Waals surface area contributed by atoms with Crippen molar-refractivity contribution >= 4 is 33.1 Å². The summed E-state index contributed by atoms with van der Waals surface area (Å²) >= 11 is 3.53. The Bertz CT molecular complexity index is 1060. The van der Waals surface area contributed by atoms with Crippen LogP contribution in [0, 0.1) is 0 Å². The molecule has 0 aromatic heterocycles. The van der Waals surface area contributed by atoms with Gasteiger partial charge in [0.1, 0.15) is 0 Å². The molecule has 0 saturated carbocycles. The van der Waals surface area contributed by atoms with Crippen molar-refractivity contribution < 1.29 is 4.79 Å². The first kappa shape index (κ1) is 15.5. The first-order valence-electron chi connectivity index (χ1n) is 8.53. The Morgan fingerprint density at radius 2 is 1.69 bits per heavy atom. The van der Waals surface area contributed by atoms with Crippen molar-refractivity contribution in [3.63, 3.8) is 0 Å². The lowest BCUT2D eigenvalue weighted by Gasteiger charge is -2.30. The van der Waals surface area contributed by atoms with E-state index in [4.69, 9.17) is 5.10 Å². The maximum Gasteiger partial charge on any atom is 0.197 e. The minimum Gasteiger partial charge on any atom is -0.291 e. The molecule has 2 heterocycles. The van der Waals surface area contributed by atoms with Crippen molar-refractivity contribution in [3.05, 3.63) is 100 Å². The molecule has 0 bridgehead atoms. The van der Waals surface area contributed by atoms with Gasteiger partial charge in [0.05, 0.1) is 11.4 Å². The minimum atomic E-state index is -0.789. The Labute approximate surface area is 160 Å². The highest BCUT2D eigenvalue weighted by atomic mass is 79.9. The molecule has 0 saturated heterocycles. The molecule has 0 amide bonds. The first-order valence-corrected chi connectivity index (χ1v) is 9.32. The number of benzene rings is 3. The molecule has 0 fully saturated rings. The van der Waals surface area contributed by atoms with Gasteiger partial charge in [-0.25, -0.2) is 5.01 Å². The van der Waals surface area contributed by atoms with Crippen molar-refractivity contribution in [2.45, 2.75) is 12.0 Å². The second-order valence-electron chi connectivity index (χ2n) is 6.62. The molecule has 1 unspecified atom stereocenters. The number of hydrogen-bond acceptors (Lipinski definition) is 3. The van der Waals surface area contributed by atoms with Gasteiger partial charge in [-0.05, 0) is 35.4 Å². The smallest absolute Gasteiger partial charge is 0.197 e. The van der Waals surface area contributed by atoms with E-state index >= 15 is 0 Å². The molecule has 0 radical (unpaired) electrons. The third kappa shape index (κ3) is 2.05. The summed E-state index contributed by atoms with van der Waals surface area (Å²) in [5, 5.41) is 6.84. The van der Waals surface area contributed by atoms with Crippen molar-refractivity contribution in [2.24, 2.45) is 5.10 Å². The number of Topliss-reactive ketones (excluding diaryl/α,β-unsaturated/α-hetero) is 1. The summed E-state index contributed by atoms with van der Waals surface area (Å²) in [4.78, 5) is 13.5. The van der Waals surface area contributed by atoms with Crippen molar-refractivity contribution in [1.82, 2.24) is 0 Å². The second kappa shape index (κ2) is 5.64. The third-order valence-electron chi connectivity index (χ3n) is 5.17. The van der Waals surface area contributed by atoms with E-state index in [0.29, 0.717) is 6.42 Å². The zero-order valence-electron chi connectivity index (χ0n) is 13.9. The molecular formula is C22H15BrN2O. The summed E-state index contributed by atoms with van der Waals surface area (Å²) in [6.45, 7) is 0. The average molecular weight is 403 g/mol. The van der Waals surface area contributed by atoms with Gasteiger partial charge >= 0.3 is 0 Å². The van der Waals surface area contributed by atoms with Gasteiger partial charge in [0.2, 0.25) is 0 Å². The highest BCUT2D eigenvalue weighted by molar-refractivity contribution is 9.10. The Kier molecular flexibility index (Phi) is 3.37. The van der Waals surface area contributed by atoms with Gasteiger partial charge in [0.15, 0.2) is 11.3 Å². The fourth-order valence-electron chi connectivity index (χ4n) is 3.96. The molecule has 5 rings (SSSR count). The minimum absolute atomic E-state index is 0.119. The maximum absolute atomic E-state index is 13.5. The number of halogens is 1. The third-order valence-corrected chi connectivity index (χ3v) is 5.66.